The lowest BCUT2D eigenvalue weighted by Gasteiger charge is -2.06. The number of halogens is 3. The number of hydrogen-bond donors (Lipinski definition) is 0. The highest BCUT2D eigenvalue weighted by Crippen LogP contribution is 2.19. The van der Waals surface area contributed by atoms with Gasteiger partial charge in [-0.3, -0.25) is 4.39 Å². The van der Waals surface area contributed by atoms with Gasteiger partial charge in [0.05, 0.1) is 13.3 Å². The summed E-state index contributed by atoms with van der Waals surface area (Å²) in [5.74, 6) is -0.0453. The first-order valence-corrected chi connectivity index (χ1v) is 4.84. The molecular formula is C10H11ClF2O. The summed E-state index contributed by atoms with van der Waals surface area (Å²) < 4.78 is 29.9. The van der Waals surface area contributed by atoms with Crippen LogP contribution in [0.4, 0.5) is 8.78 Å². The van der Waals surface area contributed by atoms with Gasteiger partial charge < -0.3 is 4.74 Å². The first kappa shape index (κ1) is 11.2. The molecule has 14 heavy (non-hydrogen) atoms. The summed E-state index contributed by atoms with van der Waals surface area (Å²) in [6, 6.07) is 4.50. The largest absolute Gasteiger partial charge is 0.490 e. The summed E-state index contributed by atoms with van der Waals surface area (Å²) in [6.07, 6.45) is 0.275. The van der Waals surface area contributed by atoms with Crippen LogP contribution in [0.2, 0.25) is 0 Å². The Labute approximate surface area is 86.6 Å². The highest BCUT2D eigenvalue weighted by Gasteiger charge is 2.03. The molecule has 1 rings (SSSR count). The lowest BCUT2D eigenvalue weighted by Crippen LogP contribution is -2.00. The van der Waals surface area contributed by atoms with Gasteiger partial charge in [-0.25, -0.2) is 4.39 Å². The molecule has 1 nitrogen and oxygen atoms in total. The molecule has 0 aliphatic carbocycles. The average molecular weight is 221 g/mol. The van der Waals surface area contributed by atoms with Gasteiger partial charge in [0.2, 0.25) is 0 Å². The average Bonchev–Trinajstić information content (AvgIpc) is 2.20. The molecule has 0 saturated carbocycles. The smallest absolute Gasteiger partial charge is 0.165 e. The van der Waals surface area contributed by atoms with Crippen LogP contribution in [0.3, 0.4) is 0 Å². The molecule has 0 aromatic heterocycles. The molecule has 78 valence electrons. The van der Waals surface area contributed by atoms with Crippen molar-refractivity contribution in [2.45, 2.75) is 12.3 Å². The monoisotopic (exact) mass is 220 g/mol. The Morgan fingerprint density at radius 2 is 2.14 bits per heavy atom. The second-order valence-electron chi connectivity index (χ2n) is 2.79. The van der Waals surface area contributed by atoms with E-state index in [4.69, 9.17) is 16.3 Å². The Bertz CT molecular complexity index is 291. The van der Waals surface area contributed by atoms with Crippen molar-refractivity contribution in [3.8, 4) is 5.75 Å². The van der Waals surface area contributed by atoms with E-state index in [1.165, 1.54) is 12.1 Å². The second kappa shape index (κ2) is 5.81. The fourth-order valence-electron chi connectivity index (χ4n) is 0.981. The van der Waals surface area contributed by atoms with Crippen molar-refractivity contribution in [1.82, 2.24) is 0 Å². The Balaban J connectivity index is 2.59. The van der Waals surface area contributed by atoms with Gasteiger partial charge in [-0.1, -0.05) is 6.07 Å². The van der Waals surface area contributed by atoms with E-state index in [1.54, 1.807) is 6.07 Å². The maximum atomic E-state index is 13.2. The predicted octanol–water partition coefficient (Wildman–Crippen LogP) is 3.30. The molecule has 0 spiro atoms. The highest BCUT2D eigenvalue weighted by atomic mass is 35.5. The molecule has 0 amide bonds. The van der Waals surface area contributed by atoms with Gasteiger partial charge in [-0.15, -0.1) is 11.6 Å². The molecule has 1 aromatic carbocycles. The fraction of sp³-hybridized carbons (Fsp3) is 0.400. The van der Waals surface area contributed by atoms with E-state index in [2.05, 4.69) is 0 Å². The minimum atomic E-state index is -0.457. The van der Waals surface area contributed by atoms with Crippen LogP contribution >= 0.6 is 11.6 Å². The topological polar surface area (TPSA) is 9.23 Å². The molecule has 0 aliphatic rings. The third-order valence-corrected chi connectivity index (χ3v) is 1.99. The van der Waals surface area contributed by atoms with Crippen molar-refractivity contribution in [1.29, 1.82) is 0 Å². The number of benzene rings is 1. The molecule has 1 aromatic rings. The van der Waals surface area contributed by atoms with Crippen LogP contribution in [0.25, 0.3) is 0 Å². The van der Waals surface area contributed by atoms with E-state index in [0.717, 1.165) is 0 Å². The van der Waals surface area contributed by atoms with Crippen LogP contribution in [0.5, 0.6) is 5.75 Å². The van der Waals surface area contributed by atoms with Crippen molar-refractivity contribution in [2.75, 3.05) is 13.3 Å². The molecule has 0 saturated heterocycles. The van der Waals surface area contributed by atoms with Gasteiger partial charge in [0.1, 0.15) is 0 Å². The number of ether oxygens (including phenoxy) is 1. The van der Waals surface area contributed by atoms with E-state index < -0.39 is 12.5 Å². The quantitative estimate of drug-likeness (QED) is 0.547. The minimum Gasteiger partial charge on any atom is -0.490 e. The summed E-state index contributed by atoms with van der Waals surface area (Å²) in [4.78, 5) is 0. The maximum Gasteiger partial charge on any atom is 0.165 e. The first-order valence-electron chi connectivity index (χ1n) is 4.31. The third kappa shape index (κ3) is 3.14. The number of hydrogen-bond acceptors (Lipinski definition) is 1. The van der Waals surface area contributed by atoms with Crippen molar-refractivity contribution in [3.63, 3.8) is 0 Å². The Morgan fingerprint density at radius 3 is 2.71 bits per heavy atom. The van der Waals surface area contributed by atoms with Gasteiger partial charge >= 0.3 is 0 Å². The van der Waals surface area contributed by atoms with Crippen molar-refractivity contribution < 1.29 is 13.5 Å². The Kier molecular flexibility index (Phi) is 4.66. The Morgan fingerprint density at radius 1 is 1.36 bits per heavy atom. The molecule has 0 radical (unpaired) electrons. The predicted molar refractivity (Wildman–Crippen MR) is 52.0 cm³/mol. The summed E-state index contributed by atoms with van der Waals surface area (Å²) in [6.45, 7) is -0.269. The van der Waals surface area contributed by atoms with Crippen molar-refractivity contribution >= 4 is 11.6 Å². The van der Waals surface area contributed by atoms with Crippen LogP contribution in [-0.2, 0) is 5.88 Å². The van der Waals surface area contributed by atoms with Crippen LogP contribution in [0, 0.1) is 5.82 Å². The standard InChI is InChI=1S/C10H11ClF2O/c11-7-8-2-3-10(9(13)6-8)14-5-1-4-12/h2-3,6H,1,4-5,7H2. The van der Waals surface area contributed by atoms with Crippen molar-refractivity contribution in [3.05, 3.63) is 29.6 Å². The summed E-state index contributed by atoms with van der Waals surface area (Å²) in [7, 11) is 0. The maximum absolute atomic E-state index is 13.2. The van der Waals surface area contributed by atoms with E-state index in [0.29, 0.717) is 5.56 Å². The van der Waals surface area contributed by atoms with Crippen molar-refractivity contribution in [2.24, 2.45) is 0 Å². The summed E-state index contributed by atoms with van der Waals surface area (Å²) >= 11 is 5.52. The summed E-state index contributed by atoms with van der Waals surface area (Å²) in [5, 5.41) is 0. The molecule has 0 N–H and O–H groups in total. The van der Waals surface area contributed by atoms with Crippen LogP contribution in [0.1, 0.15) is 12.0 Å². The number of alkyl halides is 2. The molecule has 4 heteroatoms. The minimum absolute atomic E-state index is 0.146. The van der Waals surface area contributed by atoms with Crippen LogP contribution < -0.4 is 4.74 Å². The van der Waals surface area contributed by atoms with E-state index in [1.807, 2.05) is 0 Å². The lowest BCUT2D eigenvalue weighted by atomic mass is 10.2. The zero-order valence-corrected chi connectivity index (χ0v) is 8.36. The third-order valence-electron chi connectivity index (χ3n) is 1.69. The SMILES string of the molecule is FCCCOc1ccc(CCl)cc1F. The van der Waals surface area contributed by atoms with Gasteiger partial charge in [0.15, 0.2) is 11.6 Å². The fourth-order valence-corrected chi connectivity index (χ4v) is 1.15. The zero-order chi connectivity index (χ0) is 10.4. The van der Waals surface area contributed by atoms with E-state index in [-0.39, 0.29) is 24.7 Å². The number of rotatable bonds is 5. The molecule has 0 unspecified atom stereocenters. The molecule has 0 heterocycles. The zero-order valence-electron chi connectivity index (χ0n) is 7.60. The molecule has 0 fully saturated rings. The molecule has 0 aliphatic heterocycles. The molecule has 0 bridgehead atoms. The van der Waals surface area contributed by atoms with E-state index in [9.17, 15) is 8.78 Å². The lowest BCUT2D eigenvalue weighted by molar-refractivity contribution is 0.277. The Hall–Kier alpha value is -0.830. The first-order chi connectivity index (χ1) is 6.77. The van der Waals surface area contributed by atoms with Gasteiger partial charge in [0, 0.05) is 12.3 Å². The van der Waals surface area contributed by atoms with Gasteiger partial charge in [-0.05, 0) is 17.7 Å². The second-order valence-corrected chi connectivity index (χ2v) is 3.06. The normalized spacial score (nSPS) is 10.2. The highest BCUT2D eigenvalue weighted by molar-refractivity contribution is 6.17. The van der Waals surface area contributed by atoms with Gasteiger partial charge in [0.25, 0.3) is 0 Å². The van der Waals surface area contributed by atoms with Gasteiger partial charge in [-0.2, -0.15) is 0 Å². The van der Waals surface area contributed by atoms with E-state index >= 15 is 0 Å². The molecular weight excluding hydrogens is 210 g/mol. The van der Waals surface area contributed by atoms with Crippen LogP contribution in [0.15, 0.2) is 18.2 Å². The van der Waals surface area contributed by atoms with Crippen LogP contribution in [-0.4, -0.2) is 13.3 Å². The summed E-state index contributed by atoms with van der Waals surface area (Å²) in [5.41, 5.74) is 0.696. The molecule has 0 atom stereocenters.